The highest BCUT2D eigenvalue weighted by atomic mass is 35.5. The van der Waals surface area contributed by atoms with Crippen molar-refractivity contribution in [3.8, 4) is 5.75 Å². The summed E-state index contributed by atoms with van der Waals surface area (Å²) in [5, 5.41) is 15.7. The second kappa shape index (κ2) is 8.45. The van der Waals surface area contributed by atoms with Crippen molar-refractivity contribution >= 4 is 40.3 Å². The van der Waals surface area contributed by atoms with Gasteiger partial charge in [0.1, 0.15) is 10.9 Å². The number of non-ortho nitro benzene ring substituents is 1. The summed E-state index contributed by atoms with van der Waals surface area (Å²) >= 11 is 6.19. The number of halogens is 1. The Morgan fingerprint density at radius 3 is 2.89 bits per heavy atom. The molecule has 0 aliphatic carbocycles. The van der Waals surface area contributed by atoms with Gasteiger partial charge in [-0.15, -0.1) is 0 Å². The van der Waals surface area contributed by atoms with Crippen LogP contribution in [-0.4, -0.2) is 28.6 Å². The van der Waals surface area contributed by atoms with E-state index < -0.39 is 10.8 Å². The molecule has 0 spiro atoms. The lowest BCUT2D eigenvalue weighted by Crippen LogP contribution is -2.17. The second-order valence-electron chi connectivity index (χ2n) is 5.66. The molecule has 0 bridgehead atoms. The summed E-state index contributed by atoms with van der Waals surface area (Å²) in [6, 6.07) is 12.6. The van der Waals surface area contributed by atoms with Crippen molar-refractivity contribution in [3.63, 3.8) is 0 Å². The van der Waals surface area contributed by atoms with Gasteiger partial charge in [0.2, 0.25) is 0 Å². The Kier molecular flexibility index (Phi) is 5.81. The van der Waals surface area contributed by atoms with Crippen molar-refractivity contribution in [2.45, 2.75) is 6.92 Å². The van der Waals surface area contributed by atoms with Crippen molar-refractivity contribution in [3.05, 3.63) is 74.9 Å². The minimum atomic E-state index is -0.578. The smallest absolute Gasteiger partial charge is 0.271 e. The Labute approximate surface area is 164 Å². The number of aromatic nitrogens is 1. The Hall–Kier alpha value is -3.52. The number of ether oxygens (including phenoxy) is 1. The lowest BCUT2D eigenvalue weighted by Gasteiger charge is -2.06. The molecule has 0 aliphatic rings. The molecule has 9 heteroatoms. The first-order valence-electron chi connectivity index (χ1n) is 8.29. The van der Waals surface area contributed by atoms with Gasteiger partial charge in [0, 0.05) is 34.7 Å². The number of pyridine rings is 1. The van der Waals surface area contributed by atoms with E-state index in [4.69, 9.17) is 16.3 Å². The molecule has 1 N–H and O–H groups in total. The summed E-state index contributed by atoms with van der Waals surface area (Å²) in [6.45, 7) is 2.44. The van der Waals surface area contributed by atoms with E-state index in [1.165, 1.54) is 30.5 Å². The van der Waals surface area contributed by atoms with Gasteiger partial charge in [0.05, 0.1) is 23.3 Å². The fourth-order valence-electron chi connectivity index (χ4n) is 2.47. The third kappa shape index (κ3) is 4.41. The number of carbonyl (C=O) groups is 1. The van der Waals surface area contributed by atoms with E-state index in [1.807, 2.05) is 19.1 Å². The summed E-state index contributed by atoms with van der Waals surface area (Å²) in [5.41, 5.74) is 3.45. The maximum absolute atomic E-state index is 12.1. The number of carbonyl (C=O) groups excluding carboxylic acids is 1. The second-order valence-corrected chi connectivity index (χ2v) is 6.02. The Bertz CT molecular complexity index is 1080. The molecule has 3 rings (SSSR count). The van der Waals surface area contributed by atoms with Crippen molar-refractivity contribution < 1.29 is 14.5 Å². The molecular formula is C19H15ClN4O4. The number of hydrazone groups is 1. The van der Waals surface area contributed by atoms with Gasteiger partial charge in [-0.2, -0.15) is 5.10 Å². The zero-order valence-corrected chi connectivity index (χ0v) is 15.5. The molecule has 0 saturated heterocycles. The van der Waals surface area contributed by atoms with Gasteiger partial charge in [0.15, 0.2) is 0 Å². The summed E-state index contributed by atoms with van der Waals surface area (Å²) in [7, 11) is 0. The van der Waals surface area contributed by atoms with Crippen LogP contribution in [-0.2, 0) is 0 Å². The van der Waals surface area contributed by atoms with E-state index in [2.05, 4.69) is 15.5 Å². The monoisotopic (exact) mass is 398 g/mol. The Morgan fingerprint density at radius 2 is 2.14 bits per heavy atom. The van der Waals surface area contributed by atoms with E-state index >= 15 is 0 Å². The van der Waals surface area contributed by atoms with E-state index in [9.17, 15) is 14.9 Å². The van der Waals surface area contributed by atoms with Crippen LogP contribution in [0.4, 0.5) is 5.69 Å². The van der Waals surface area contributed by atoms with Gasteiger partial charge in [0.25, 0.3) is 11.6 Å². The maximum atomic E-state index is 12.1. The number of amides is 1. The van der Waals surface area contributed by atoms with Gasteiger partial charge in [-0.05, 0) is 31.2 Å². The number of nitro groups is 1. The predicted molar refractivity (Wildman–Crippen MR) is 106 cm³/mol. The van der Waals surface area contributed by atoms with E-state index in [-0.39, 0.29) is 16.4 Å². The highest BCUT2D eigenvalue weighted by molar-refractivity contribution is 6.32. The van der Waals surface area contributed by atoms with Gasteiger partial charge in [-0.25, -0.2) is 10.4 Å². The lowest BCUT2D eigenvalue weighted by atomic mass is 10.1. The number of hydrogen-bond donors (Lipinski definition) is 1. The number of benzene rings is 2. The summed E-state index contributed by atoms with van der Waals surface area (Å²) in [4.78, 5) is 26.6. The predicted octanol–water partition coefficient (Wildman–Crippen LogP) is 3.96. The van der Waals surface area contributed by atoms with Gasteiger partial charge in [-0.1, -0.05) is 17.7 Å². The van der Waals surface area contributed by atoms with Crippen LogP contribution in [0.5, 0.6) is 5.75 Å². The normalized spacial score (nSPS) is 10.9. The SMILES string of the molecule is CCOc1ccc2cc(/C=N\NC(=O)c3cccc([N+](=O)[O-])c3)c(Cl)nc2c1. The molecule has 1 amide bonds. The molecule has 0 aliphatic heterocycles. The van der Waals surface area contributed by atoms with Crippen molar-refractivity contribution in [2.75, 3.05) is 6.61 Å². The maximum Gasteiger partial charge on any atom is 0.271 e. The zero-order chi connectivity index (χ0) is 20.1. The van der Waals surface area contributed by atoms with E-state index in [0.29, 0.717) is 23.4 Å². The van der Waals surface area contributed by atoms with Crippen LogP contribution in [0.15, 0.2) is 53.6 Å². The number of hydrogen-bond acceptors (Lipinski definition) is 6. The highest BCUT2D eigenvalue weighted by Gasteiger charge is 2.11. The molecule has 2 aromatic carbocycles. The number of nitrogens with zero attached hydrogens (tertiary/aromatic N) is 3. The average Bonchev–Trinajstić information content (AvgIpc) is 2.68. The lowest BCUT2D eigenvalue weighted by molar-refractivity contribution is -0.384. The molecule has 0 unspecified atom stereocenters. The first kappa shape index (κ1) is 19.2. The van der Waals surface area contributed by atoms with E-state index in [0.717, 1.165) is 5.39 Å². The third-order valence-corrected chi connectivity index (χ3v) is 4.07. The van der Waals surface area contributed by atoms with Crippen LogP contribution in [0.3, 0.4) is 0 Å². The Morgan fingerprint density at radius 1 is 1.32 bits per heavy atom. The zero-order valence-electron chi connectivity index (χ0n) is 14.8. The quantitative estimate of drug-likeness (QED) is 0.292. The largest absolute Gasteiger partial charge is 0.494 e. The minimum absolute atomic E-state index is 0.123. The molecule has 0 fully saturated rings. The molecule has 28 heavy (non-hydrogen) atoms. The number of rotatable bonds is 6. The molecule has 142 valence electrons. The first-order chi connectivity index (χ1) is 13.5. The molecular weight excluding hydrogens is 384 g/mol. The fourth-order valence-corrected chi connectivity index (χ4v) is 2.67. The molecule has 1 heterocycles. The van der Waals surface area contributed by atoms with Crippen LogP contribution in [0.1, 0.15) is 22.8 Å². The molecule has 0 atom stereocenters. The van der Waals surface area contributed by atoms with Gasteiger partial charge < -0.3 is 4.74 Å². The van der Waals surface area contributed by atoms with Crippen molar-refractivity contribution in [1.29, 1.82) is 0 Å². The average molecular weight is 399 g/mol. The molecule has 0 radical (unpaired) electrons. The first-order valence-corrected chi connectivity index (χ1v) is 8.66. The van der Waals surface area contributed by atoms with Gasteiger partial charge in [-0.3, -0.25) is 14.9 Å². The topological polar surface area (TPSA) is 107 Å². The summed E-state index contributed by atoms with van der Waals surface area (Å²) in [5.74, 6) is 0.121. The van der Waals surface area contributed by atoms with E-state index in [1.54, 1.807) is 12.1 Å². The number of fused-ring (bicyclic) bond motifs is 1. The van der Waals surface area contributed by atoms with Crippen molar-refractivity contribution in [1.82, 2.24) is 10.4 Å². The molecule has 0 saturated carbocycles. The molecule has 8 nitrogen and oxygen atoms in total. The fraction of sp³-hybridized carbons (Fsp3) is 0.105. The Balaban J connectivity index is 1.76. The highest BCUT2D eigenvalue weighted by Crippen LogP contribution is 2.23. The third-order valence-electron chi connectivity index (χ3n) is 3.77. The van der Waals surface area contributed by atoms with Crippen LogP contribution in [0.2, 0.25) is 5.15 Å². The van der Waals surface area contributed by atoms with Gasteiger partial charge >= 0.3 is 0 Å². The van der Waals surface area contributed by atoms with Crippen LogP contribution < -0.4 is 10.2 Å². The minimum Gasteiger partial charge on any atom is -0.494 e. The van der Waals surface area contributed by atoms with Crippen LogP contribution in [0.25, 0.3) is 10.9 Å². The van der Waals surface area contributed by atoms with Crippen LogP contribution in [0, 0.1) is 10.1 Å². The summed E-state index contributed by atoms with van der Waals surface area (Å²) in [6.07, 6.45) is 1.36. The molecule has 3 aromatic rings. The van der Waals surface area contributed by atoms with Crippen LogP contribution >= 0.6 is 11.6 Å². The number of nitrogens with one attached hydrogen (secondary N) is 1. The summed E-state index contributed by atoms with van der Waals surface area (Å²) < 4.78 is 5.44. The molecule has 1 aromatic heterocycles. The number of nitro benzene ring substituents is 1. The standard InChI is InChI=1S/C19H15ClN4O4/c1-2-28-16-7-6-12-8-14(18(20)22-17(12)10-16)11-21-23-19(25)13-4-3-5-15(9-13)24(26)27/h3-11H,2H2,1H3,(H,23,25)/b21-11-. The van der Waals surface area contributed by atoms with Crippen molar-refractivity contribution in [2.24, 2.45) is 5.10 Å².